The molecule has 160 valence electrons. The fraction of sp³-hybridized carbons (Fsp3) is 0.381. The second-order valence-electron chi connectivity index (χ2n) is 7.48. The Bertz CT molecular complexity index is 970. The minimum Gasteiger partial charge on any atom is -0.326 e. The number of carbonyl (C=O) groups excluding carboxylic acids is 2. The van der Waals surface area contributed by atoms with Gasteiger partial charge in [-0.1, -0.05) is 6.07 Å². The molecule has 0 unspecified atom stereocenters. The highest BCUT2D eigenvalue weighted by Gasteiger charge is 2.27. The van der Waals surface area contributed by atoms with Gasteiger partial charge in [-0.25, -0.2) is 18.1 Å². The highest BCUT2D eigenvalue weighted by atomic mass is 32.2. The third-order valence-electron chi connectivity index (χ3n) is 5.18. The molecule has 0 aliphatic heterocycles. The van der Waals surface area contributed by atoms with Gasteiger partial charge in [-0.3, -0.25) is 9.59 Å². The van der Waals surface area contributed by atoms with E-state index in [1.807, 2.05) is 6.07 Å². The number of rotatable bonds is 7. The molecule has 30 heavy (non-hydrogen) atoms. The fourth-order valence-corrected chi connectivity index (χ4v) is 4.64. The Morgan fingerprint density at radius 2 is 1.70 bits per heavy atom. The molecule has 0 bridgehead atoms. The molecule has 3 N–H and O–H groups in total. The smallest absolute Gasteiger partial charge is 0.240 e. The van der Waals surface area contributed by atoms with Crippen molar-refractivity contribution in [2.45, 2.75) is 37.5 Å². The number of carbonyl (C=O) groups is 2. The SMILES string of the molecule is CC(=O)Nc1ccc(S(=O)(=O)NCC2CCC(C(=O)Nc3ccccn3)CC2)cc1. The summed E-state index contributed by atoms with van der Waals surface area (Å²) in [6.07, 6.45) is 4.63. The Morgan fingerprint density at radius 1 is 1.00 bits per heavy atom. The lowest BCUT2D eigenvalue weighted by Crippen LogP contribution is -2.33. The Labute approximate surface area is 176 Å². The number of anilines is 2. The van der Waals surface area contributed by atoms with Crippen LogP contribution in [0.4, 0.5) is 11.5 Å². The molecule has 0 radical (unpaired) electrons. The van der Waals surface area contributed by atoms with E-state index >= 15 is 0 Å². The van der Waals surface area contributed by atoms with E-state index in [0.717, 1.165) is 25.7 Å². The second-order valence-corrected chi connectivity index (χ2v) is 9.25. The minimum absolute atomic E-state index is 0.0352. The quantitative estimate of drug-likeness (QED) is 0.624. The number of aromatic nitrogens is 1. The third kappa shape index (κ3) is 6.11. The van der Waals surface area contributed by atoms with E-state index in [9.17, 15) is 18.0 Å². The van der Waals surface area contributed by atoms with Crippen molar-refractivity contribution in [1.29, 1.82) is 0 Å². The van der Waals surface area contributed by atoms with Gasteiger partial charge >= 0.3 is 0 Å². The van der Waals surface area contributed by atoms with E-state index in [0.29, 0.717) is 18.1 Å². The van der Waals surface area contributed by atoms with Gasteiger partial charge in [-0.15, -0.1) is 0 Å². The van der Waals surface area contributed by atoms with Crippen molar-refractivity contribution >= 4 is 33.3 Å². The van der Waals surface area contributed by atoms with Crippen molar-refractivity contribution in [3.05, 3.63) is 48.7 Å². The van der Waals surface area contributed by atoms with Gasteiger partial charge in [0.25, 0.3) is 0 Å². The monoisotopic (exact) mass is 430 g/mol. The van der Waals surface area contributed by atoms with Crippen LogP contribution < -0.4 is 15.4 Å². The number of pyridine rings is 1. The van der Waals surface area contributed by atoms with Crippen LogP contribution in [-0.4, -0.2) is 31.8 Å². The van der Waals surface area contributed by atoms with Crippen LogP contribution in [0.3, 0.4) is 0 Å². The minimum atomic E-state index is -3.63. The number of amides is 2. The molecule has 1 saturated carbocycles. The lowest BCUT2D eigenvalue weighted by Gasteiger charge is -2.27. The van der Waals surface area contributed by atoms with Crippen molar-refractivity contribution in [3.8, 4) is 0 Å². The molecule has 1 aliphatic rings. The van der Waals surface area contributed by atoms with Crippen LogP contribution in [0.2, 0.25) is 0 Å². The van der Waals surface area contributed by atoms with Crippen LogP contribution in [0.15, 0.2) is 53.6 Å². The van der Waals surface area contributed by atoms with Crippen molar-refractivity contribution in [3.63, 3.8) is 0 Å². The lowest BCUT2D eigenvalue weighted by atomic mass is 9.81. The molecular weight excluding hydrogens is 404 g/mol. The number of nitrogens with zero attached hydrogens (tertiary/aromatic N) is 1. The number of nitrogens with one attached hydrogen (secondary N) is 3. The van der Waals surface area contributed by atoms with Crippen LogP contribution in [0.5, 0.6) is 0 Å². The Kier molecular flexibility index (Phi) is 7.17. The van der Waals surface area contributed by atoms with E-state index in [-0.39, 0.29) is 28.5 Å². The molecular formula is C21H26N4O4S. The molecule has 1 aromatic carbocycles. The molecule has 2 aromatic rings. The summed E-state index contributed by atoms with van der Waals surface area (Å²) in [5, 5.41) is 5.44. The molecule has 8 nitrogen and oxygen atoms in total. The van der Waals surface area contributed by atoms with E-state index in [1.54, 1.807) is 30.5 Å². The van der Waals surface area contributed by atoms with Gasteiger partial charge < -0.3 is 10.6 Å². The maximum atomic E-state index is 12.5. The predicted molar refractivity (Wildman–Crippen MR) is 114 cm³/mol. The van der Waals surface area contributed by atoms with Gasteiger partial charge in [0.15, 0.2) is 0 Å². The first-order chi connectivity index (χ1) is 14.3. The summed E-state index contributed by atoms with van der Waals surface area (Å²) < 4.78 is 27.7. The highest BCUT2D eigenvalue weighted by Crippen LogP contribution is 2.29. The average molecular weight is 431 g/mol. The summed E-state index contributed by atoms with van der Waals surface area (Å²) in [6.45, 7) is 1.73. The van der Waals surface area contributed by atoms with Gasteiger partial charge in [-0.2, -0.15) is 0 Å². The van der Waals surface area contributed by atoms with E-state index < -0.39 is 10.0 Å². The molecule has 0 atom stereocenters. The summed E-state index contributed by atoms with van der Waals surface area (Å²) in [4.78, 5) is 27.7. The molecule has 2 amide bonds. The van der Waals surface area contributed by atoms with Crippen LogP contribution in [0.1, 0.15) is 32.6 Å². The van der Waals surface area contributed by atoms with Crippen molar-refractivity contribution < 1.29 is 18.0 Å². The number of hydrogen-bond donors (Lipinski definition) is 3. The molecule has 9 heteroatoms. The molecule has 0 spiro atoms. The lowest BCUT2D eigenvalue weighted by molar-refractivity contribution is -0.121. The first-order valence-electron chi connectivity index (χ1n) is 9.93. The summed E-state index contributed by atoms with van der Waals surface area (Å²) in [6, 6.07) is 11.4. The average Bonchev–Trinajstić information content (AvgIpc) is 2.73. The maximum absolute atomic E-state index is 12.5. The first kappa shape index (κ1) is 21.9. The Balaban J connectivity index is 1.46. The molecule has 0 saturated heterocycles. The van der Waals surface area contributed by atoms with Crippen LogP contribution >= 0.6 is 0 Å². The first-order valence-corrected chi connectivity index (χ1v) is 11.4. The van der Waals surface area contributed by atoms with E-state index in [2.05, 4.69) is 20.3 Å². The summed E-state index contributed by atoms with van der Waals surface area (Å²) in [5.74, 6) is 0.403. The van der Waals surface area contributed by atoms with Crippen LogP contribution in [0, 0.1) is 11.8 Å². The van der Waals surface area contributed by atoms with Gasteiger partial charge in [0.2, 0.25) is 21.8 Å². The largest absolute Gasteiger partial charge is 0.326 e. The van der Waals surface area contributed by atoms with E-state index in [4.69, 9.17) is 0 Å². The topological polar surface area (TPSA) is 117 Å². The summed E-state index contributed by atoms with van der Waals surface area (Å²) in [5.41, 5.74) is 0.545. The van der Waals surface area contributed by atoms with Gasteiger partial charge in [-0.05, 0) is 68.0 Å². The molecule has 1 fully saturated rings. The van der Waals surface area contributed by atoms with Gasteiger partial charge in [0, 0.05) is 31.3 Å². The zero-order chi connectivity index (χ0) is 21.6. The predicted octanol–water partition coefficient (Wildman–Crippen LogP) is 2.76. The van der Waals surface area contributed by atoms with Crippen molar-refractivity contribution in [2.24, 2.45) is 11.8 Å². The Morgan fingerprint density at radius 3 is 2.30 bits per heavy atom. The number of hydrogen-bond acceptors (Lipinski definition) is 5. The van der Waals surface area contributed by atoms with Crippen molar-refractivity contribution in [1.82, 2.24) is 9.71 Å². The maximum Gasteiger partial charge on any atom is 0.240 e. The Hall–Kier alpha value is -2.78. The molecule has 3 rings (SSSR count). The summed E-state index contributed by atoms with van der Waals surface area (Å²) in [7, 11) is -3.63. The van der Waals surface area contributed by atoms with Crippen molar-refractivity contribution in [2.75, 3.05) is 17.2 Å². The van der Waals surface area contributed by atoms with Crippen LogP contribution in [-0.2, 0) is 19.6 Å². The summed E-state index contributed by atoms with van der Waals surface area (Å²) >= 11 is 0. The fourth-order valence-electron chi connectivity index (χ4n) is 3.53. The van der Waals surface area contributed by atoms with Crippen LogP contribution in [0.25, 0.3) is 0 Å². The zero-order valence-corrected chi connectivity index (χ0v) is 17.6. The molecule has 1 aromatic heterocycles. The molecule has 1 heterocycles. The van der Waals surface area contributed by atoms with Gasteiger partial charge in [0.1, 0.15) is 5.82 Å². The number of benzene rings is 1. The van der Waals surface area contributed by atoms with Gasteiger partial charge in [0.05, 0.1) is 4.90 Å². The molecule has 1 aliphatic carbocycles. The highest BCUT2D eigenvalue weighted by molar-refractivity contribution is 7.89. The van der Waals surface area contributed by atoms with E-state index in [1.165, 1.54) is 19.1 Å². The zero-order valence-electron chi connectivity index (χ0n) is 16.8. The standard InChI is InChI=1S/C21H26N4O4S/c1-15(26)24-18-9-11-19(12-10-18)30(28,29)23-14-16-5-7-17(8-6-16)21(27)25-20-4-2-3-13-22-20/h2-4,9-13,16-17,23H,5-8,14H2,1H3,(H,24,26)(H,22,25,27). The second kappa shape index (κ2) is 9.82. The number of sulfonamides is 1. The third-order valence-corrected chi connectivity index (χ3v) is 6.62. The normalized spacial score (nSPS) is 19.1.